The van der Waals surface area contributed by atoms with Gasteiger partial charge in [0.15, 0.2) is 0 Å². The number of hydrogen-bond acceptors (Lipinski definition) is 5. The van der Waals surface area contributed by atoms with E-state index in [2.05, 4.69) is 85.2 Å². The monoisotopic (exact) mass is 435 g/mol. The van der Waals surface area contributed by atoms with Gasteiger partial charge >= 0.3 is 0 Å². The Hall–Kier alpha value is 0.0900. The largest absolute Gasteiger partial charge is 0.338 e. The fourth-order valence-electron chi connectivity index (χ4n) is 2.96. The Morgan fingerprint density at radius 3 is 1.50 bits per heavy atom. The summed E-state index contributed by atoms with van der Waals surface area (Å²) in [7, 11) is 12.3. The summed E-state index contributed by atoms with van der Waals surface area (Å²) in [6.45, 7) is 19.6. The average molecular weight is 436 g/mol. The number of carbonyl (C=O) groups excluding carboxylic acids is 1. The second-order valence-corrected chi connectivity index (χ2v) is 11.9. The molecular weight excluding hydrogens is 386 g/mol. The molecule has 0 aromatic heterocycles. The average Bonchev–Trinajstić information content (AvgIpc) is 2.51. The highest BCUT2D eigenvalue weighted by Gasteiger charge is 2.19. The smallest absolute Gasteiger partial charge is 0.224 e. The predicted molar refractivity (Wildman–Crippen MR) is 132 cm³/mol. The SMILES string of the molecule is CC(C)C(SSCCN(C)C)C(C)C.CC(C)N(C(=O)CCN(C)C)C(C)C. The lowest BCUT2D eigenvalue weighted by Crippen LogP contribution is -2.42. The van der Waals surface area contributed by atoms with E-state index in [-0.39, 0.29) is 5.91 Å². The number of nitrogens with zero attached hydrogens (tertiary/aromatic N) is 3. The van der Waals surface area contributed by atoms with Gasteiger partial charge in [-0.2, -0.15) is 0 Å². The lowest BCUT2D eigenvalue weighted by molar-refractivity contribution is -0.135. The quantitative estimate of drug-likeness (QED) is 0.310. The zero-order chi connectivity index (χ0) is 22.4. The summed E-state index contributed by atoms with van der Waals surface area (Å²) in [6.07, 6.45) is 0.614. The van der Waals surface area contributed by atoms with E-state index < -0.39 is 0 Å². The Morgan fingerprint density at radius 1 is 0.750 bits per heavy atom. The van der Waals surface area contributed by atoms with Gasteiger partial charge in [0.05, 0.1) is 0 Å². The van der Waals surface area contributed by atoms with Crippen LogP contribution in [0.5, 0.6) is 0 Å². The molecule has 28 heavy (non-hydrogen) atoms. The molecule has 0 atom stereocenters. The first-order valence-corrected chi connectivity index (χ1v) is 13.1. The van der Waals surface area contributed by atoms with Gasteiger partial charge in [0.2, 0.25) is 5.91 Å². The Morgan fingerprint density at radius 2 is 1.18 bits per heavy atom. The highest BCUT2D eigenvalue weighted by Crippen LogP contribution is 2.35. The van der Waals surface area contributed by atoms with Crippen molar-refractivity contribution < 1.29 is 4.79 Å². The first-order chi connectivity index (χ1) is 12.8. The minimum atomic E-state index is 0.253. The van der Waals surface area contributed by atoms with Gasteiger partial charge in [-0.25, -0.2) is 0 Å². The minimum Gasteiger partial charge on any atom is -0.338 e. The van der Waals surface area contributed by atoms with Crippen molar-refractivity contribution in [1.82, 2.24) is 14.7 Å². The Bertz CT molecular complexity index is 370. The van der Waals surface area contributed by atoms with Crippen molar-refractivity contribution in [3.05, 3.63) is 0 Å². The molecule has 0 aromatic rings. The number of carbonyl (C=O) groups is 1. The number of rotatable bonds is 12. The normalized spacial score (nSPS) is 12.0. The second kappa shape index (κ2) is 16.8. The molecule has 0 radical (unpaired) electrons. The Kier molecular flexibility index (Phi) is 18.2. The molecule has 0 rings (SSSR count). The molecule has 0 bridgehead atoms. The van der Waals surface area contributed by atoms with Crippen molar-refractivity contribution in [2.45, 2.75) is 79.1 Å². The standard InChI is InChI=1S/C11H24N2O.C11H25NS2/c1-9(2)13(10(3)4)11(14)7-8-12(5)6;1-9(2)11(10(3)4)14-13-8-7-12(5)6/h9-10H,7-8H2,1-6H3;9-11H,7-8H2,1-6H3. The van der Waals surface area contributed by atoms with Crippen LogP contribution in [0.4, 0.5) is 0 Å². The number of amides is 1. The maximum atomic E-state index is 11.8. The predicted octanol–water partition coefficient (Wildman–Crippen LogP) is 5.19. The van der Waals surface area contributed by atoms with Crippen molar-refractivity contribution in [2.24, 2.45) is 11.8 Å². The molecular formula is C22H49N3OS2. The first-order valence-electron chi connectivity index (χ1n) is 10.7. The zero-order valence-corrected chi connectivity index (χ0v) is 22.4. The van der Waals surface area contributed by atoms with Crippen LogP contribution in [0, 0.1) is 11.8 Å². The molecule has 0 N–H and O–H groups in total. The second-order valence-electron chi connectivity index (χ2n) is 9.22. The van der Waals surface area contributed by atoms with Crippen molar-refractivity contribution in [3.8, 4) is 0 Å². The topological polar surface area (TPSA) is 26.8 Å². The summed E-state index contributed by atoms with van der Waals surface area (Å²) in [4.78, 5) is 18.1. The molecule has 0 unspecified atom stereocenters. The fourth-order valence-corrected chi connectivity index (χ4v) is 6.41. The van der Waals surface area contributed by atoms with E-state index in [1.54, 1.807) is 0 Å². The van der Waals surface area contributed by atoms with Crippen molar-refractivity contribution in [1.29, 1.82) is 0 Å². The minimum absolute atomic E-state index is 0.253. The summed E-state index contributed by atoms with van der Waals surface area (Å²) in [5.74, 6) is 3.05. The molecule has 0 aliphatic heterocycles. The van der Waals surface area contributed by atoms with Gasteiger partial charge in [0.25, 0.3) is 0 Å². The molecule has 0 aliphatic rings. The summed E-state index contributed by atoms with van der Waals surface area (Å²) in [6, 6.07) is 0.592. The van der Waals surface area contributed by atoms with Gasteiger partial charge < -0.3 is 14.7 Å². The molecule has 6 heteroatoms. The molecule has 1 amide bonds. The van der Waals surface area contributed by atoms with Gasteiger partial charge in [0.1, 0.15) is 0 Å². The van der Waals surface area contributed by atoms with Crippen LogP contribution in [0.2, 0.25) is 0 Å². The molecule has 0 spiro atoms. The summed E-state index contributed by atoms with van der Waals surface area (Å²) in [5, 5.41) is 0.794. The molecule has 170 valence electrons. The lowest BCUT2D eigenvalue weighted by atomic mass is 10.0. The van der Waals surface area contributed by atoms with Crippen LogP contribution in [-0.4, -0.2) is 85.0 Å². The molecule has 0 aromatic carbocycles. The summed E-state index contributed by atoms with van der Waals surface area (Å²) in [5.41, 5.74) is 0. The van der Waals surface area contributed by atoms with Crippen LogP contribution >= 0.6 is 21.6 Å². The van der Waals surface area contributed by atoms with Crippen molar-refractivity contribution >= 4 is 27.5 Å². The maximum absolute atomic E-state index is 11.8. The van der Waals surface area contributed by atoms with Crippen LogP contribution in [0.25, 0.3) is 0 Å². The zero-order valence-electron chi connectivity index (χ0n) is 20.8. The van der Waals surface area contributed by atoms with E-state index in [1.165, 1.54) is 12.3 Å². The molecule has 0 saturated carbocycles. The van der Waals surface area contributed by atoms with Crippen molar-refractivity contribution in [2.75, 3.05) is 47.0 Å². The molecule has 4 nitrogen and oxygen atoms in total. The van der Waals surface area contributed by atoms with E-state index in [4.69, 9.17) is 0 Å². The van der Waals surface area contributed by atoms with E-state index in [0.717, 1.165) is 23.6 Å². The van der Waals surface area contributed by atoms with Gasteiger partial charge in [-0.05, 0) is 67.7 Å². The summed E-state index contributed by atoms with van der Waals surface area (Å²) >= 11 is 0. The van der Waals surface area contributed by atoms with E-state index in [1.807, 2.05) is 34.7 Å². The van der Waals surface area contributed by atoms with E-state index in [9.17, 15) is 4.79 Å². The van der Waals surface area contributed by atoms with Gasteiger partial charge in [-0.15, -0.1) is 0 Å². The van der Waals surface area contributed by atoms with Crippen LogP contribution in [0.1, 0.15) is 61.8 Å². The third kappa shape index (κ3) is 15.9. The Balaban J connectivity index is 0. The lowest BCUT2D eigenvalue weighted by Gasteiger charge is -2.31. The first kappa shape index (κ1) is 30.3. The summed E-state index contributed by atoms with van der Waals surface area (Å²) < 4.78 is 0. The van der Waals surface area contributed by atoms with Gasteiger partial charge in [-0.3, -0.25) is 4.79 Å². The van der Waals surface area contributed by atoms with Crippen LogP contribution < -0.4 is 0 Å². The van der Waals surface area contributed by atoms with Crippen LogP contribution in [-0.2, 0) is 4.79 Å². The molecule has 0 aliphatic carbocycles. The van der Waals surface area contributed by atoms with Crippen LogP contribution in [0.3, 0.4) is 0 Å². The van der Waals surface area contributed by atoms with Crippen LogP contribution in [0.15, 0.2) is 0 Å². The molecule has 0 heterocycles. The van der Waals surface area contributed by atoms with Gasteiger partial charge in [0, 0.05) is 42.6 Å². The highest BCUT2D eigenvalue weighted by atomic mass is 33.1. The highest BCUT2D eigenvalue weighted by molar-refractivity contribution is 8.76. The molecule has 0 fully saturated rings. The Labute approximate surface area is 184 Å². The third-order valence-corrected chi connectivity index (χ3v) is 7.66. The van der Waals surface area contributed by atoms with Crippen molar-refractivity contribution in [3.63, 3.8) is 0 Å². The van der Waals surface area contributed by atoms with Gasteiger partial charge in [-0.1, -0.05) is 49.3 Å². The fraction of sp³-hybridized carbons (Fsp3) is 0.955. The van der Waals surface area contributed by atoms with E-state index in [0.29, 0.717) is 18.5 Å². The number of hydrogen-bond donors (Lipinski definition) is 0. The molecule has 0 saturated heterocycles. The van der Waals surface area contributed by atoms with E-state index >= 15 is 0 Å². The third-order valence-electron chi connectivity index (χ3n) is 4.29. The maximum Gasteiger partial charge on any atom is 0.224 e.